The topological polar surface area (TPSA) is 38.7 Å². The molecule has 2 atom stereocenters. The lowest BCUT2D eigenvalue weighted by atomic mass is 9.86. The highest BCUT2D eigenvalue weighted by Gasteiger charge is 2.36. The summed E-state index contributed by atoms with van der Waals surface area (Å²) >= 11 is 0. The Bertz CT molecular complexity index is 506. The zero-order chi connectivity index (χ0) is 11.1. The molecular formula is C13H11NO2. The van der Waals surface area contributed by atoms with Gasteiger partial charge in [-0.25, -0.2) is 0 Å². The summed E-state index contributed by atoms with van der Waals surface area (Å²) in [6.45, 7) is 0. The van der Waals surface area contributed by atoms with Gasteiger partial charge in [-0.3, -0.25) is 9.79 Å². The van der Waals surface area contributed by atoms with Crippen LogP contribution in [0.1, 0.15) is 0 Å². The van der Waals surface area contributed by atoms with E-state index in [9.17, 15) is 4.79 Å². The molecule has 0 amide bonds. The first kappa shape index (κ1) is 9.33. The van der Waals surface area contributed by atoms with Crippen LogP contribution in [-0.2, 0) is 9.53 Å². The van der Waals surface area contributed by atoms with Gasteiger partial charge in [0.1, 0.15) is 11.5 Å². The lowest BCUT2D eigenvalue weighted by molar-refractivity contribution is -0.110. The maximum absolute atomic E-state index is 11.5. The number of rotatable bonds is 1. The number of nitrogens with zero attached hydrogens (tertiary/aromatic N) is 1. The summed E-state index contributed by atoms with van der Waals surface area (Å²) in [6.07, 6.45) is 11.3. The highest BCUT2D eigenvalue weighted by Crippen LogP contribution is 2.35. The van der Waals surface area contributed by atoms with Crippen molar-refractivity contribution in [2.75, 3.05) is 7.11 Å². The summed E-state index contributed by atoms with van der Waals surface area (Å²) in [6, 6.07) is 0.121. The number of carbonyl (C=O) groups is 1. The lowest BCUT2D eigenvalue weighted by Gasteiger charge is -2.17. The second kappa shape index (κ2) is 3.30. The van der Waals surface area contributed by atoms with Crippen LogP contribution in [0.4, 0.5) is 0 Å². The van der Waals surface area contributed by atoms with Gasteiger partial charge >= 0.3 is 0 Å². The highest BCUT2D eigenvalue weighted by molar-refractivity contribution is 6.23. The van der Waals surface area contributed by atoms with Gasteiger partial charge < -0.3 is 4.74 Å². The van der Waals surface area contributed by atoms with Crippen molar-refractivity contribution >= 4 is 11.5 Å². The van der Waals surface area contributed by atoms with E-state index in [1.54, 1.807) is 13.2 Å². The molecule has 80 valence electrons. The molecule has 3 heteroatoms. The zero-order valence-electron chi connectivity index (χ0n) is 8.88. The average molecular weight is 213 g/mol. The molecular weight excluding hydrogens is 202 g/mol. The number of hydrogen-bond donors (Lipinski definition) is 0. The molecule has 0 spiro atoms. The van der Waals surface area contributed by atoms with E-state index in [1.165, 1.54) is 6.08 Å². The summed E-state index contributed by atoms with van der Waals surface area (Å²) in [7, 11) is 1.57. The van der Waals surface area contributed by atoms with Crippen LogP contribution in [0.2, 0.25) is 0 Å². The van der Waals surface area contributed by atoms with E-state index in [0.717, 1.165) is 11.3 Å². The van der Waals surface area contributed by atoms with E-state index in [1.807, 2.05) is 12.2 Å². The molecule has 0 radical (unpaired) electrons. The molecule has 0 fully saturated rings. The van der Waals surface area contributed by atoms with Gasteiger partial charge in [-0.2, -0.15) is 0 Å². The minimum Gasteiger partial charge on any atom is -0.494 e. The fourth-order valence-corrected chi connectivity index (χ4v) is 2.31. The van der Waals surface area contributed by atoms with Crippen LogP contribution in [0.15, 0.2) is 52.8 Å². The third-order valence-electron chi connectivity index (χ3n) is 3.04. The number of carbonyl (C=O) groups excluding carboxylic acids is 1. The Balaban J connectivity index is 2.09. The predicted molar refractivity (Wildman–Crippen MR) is 61.2 cm³/mol. The van der Waals surface area contributed by atoms with E-state index in [-0.39, 0.29) is 17.7 Å². The molecule has 16 heavy (non-hydrogen) atoms. The molecule has 0 bridgehead atoms. The maximum Gasteiger partial charge on any atom is 0.182 e. The SMILES string of the molecule is COC1=CC(=O)C=C2C1=N[C@@H]1C=CC=C[C@H]21. The molecule has 3 aliphatic rings. The number of aliphatic imine (C=N–C) groups is 1. The Hall–Kier alpha value is -1.90. The van der Waals surface area contributed by atoms with Crippen molar-refractivity contribution in [3.63, 3.8) is 0 Å². The van der Waals surface area contributed by atoms with E-state index in [2.05, 4.69) is 17.1 Å². The Morgan fingerprint density at radius 1 is 1.25 bits per heavy atom. The number of methoxy groups -OCH3 is 1. The molecule has 0 aromatic carbocycles. The summed E-state index contributed by atoms with van der Waals surface area (Å²) in [5.41, 5.74) is 1.81. The van der Waals surface area contributed by atoms with Gasteiger partial charge in [0.25, 0.3) is 0 Å². The van der Waals surface area contributed by atoms with E-state index >= 15 is 0 Å². The average Bonchev–Trinajstić information content (AvgIpc) is 2.67. The van der Waals surface area contributed by atoms with Crippen molar-refractivity contribution in [2.45, 2.75) is 6.04 Å². The number of ketones is 1. The van der Waals surface area contributed by atoms with Crippen LogP contribution in [-0.4, -0.2) is 24.6 Å². The van der Waals surface area contributed by atoms with Gasteiger partial charge in [-0.15, -0.1) is 0 Å². The molecule has 1 aliphatic heterocycles. The van der Waals surface area contributed by atoms with Gasteiger partial charge in [0, 0.05) is 12.0 Å². The van der Waals surface area contributed by atoms with Crippen LogP contribution in [0, 0.1) is 5.92 Å². The second-order valence-corrected chi connectivity index (χ2v) is 3.98. The molecule has 2 aliphatic carbocycles. The monoisotopic (exact) mass is 213 g/mol. The first-order valence-corrected chi connectivity index (χ1v) is 5.24. The minimum absolute atomic E-state index is 0.0191. The Kier molecular flexibility index (Phi) is 1.93. The van der Waals surface area contributed by atoms with Crippen LogP contribution in [0.5, 0.6) is 0 Å². The molecule has 3 rings (SSSR count). The fraction of sp³-hybridized carbons (Fsp3) is 0.231. The van der Waals surface area contributed by atoms with Gasteiger partial charge in [0.15, 0.2) is 5.78 Å². The molecule has 0 saturated heterocycles. The van der Waals surface area contributed by atoms with Gasteiger partial charge in [0.05, 0.1) is 13.2 Å². The smallest absolute Gasteiger partial charge is 0.182 e. The molecule has 0 N–H and O–H groups in total. The summed E-state index contributed by atoms with van der Waals surface area (Å²) in [4.78, 5) is 16.1. The fourth-order valence-electron chi connectivity index (χ4n) is 2.31. The minimum atomic E-state index is -0.0191. The van der Waals surface area contributed by atoms with Gasteiger partial charge in [-0.1, -0.05) is 24.3 Å². The zero-order valence-corrected chi connectivity index (χ0v) is 8.88. The number of allylic oxidation sites excluding steroid dienone is 5. The molecule has 0 aromatic heterocycles. The standard InChI is InChI=1S/C13H11NO2/c1-16-12-7-8(15)6-10-9-4-2-3-5-11(9)14-13(10)12/h2-7,9,11H,1H3/t9-,11-/m1/s1. The summed E-state index contributed by atoms with van der Waals surface area (Å²) in [5, 5.41) is 0. The van der Waals surface area contributed by atoms with Crippen molar-refractivity contribution in [2.24, 2.45) is 10.9 Å². The van der Waals surface area contributed by atoms with Crippen molar-refractivity contribution in [3.05, 3.63) is 47.8 Å². The Labute approximate surface area is 93.5 Å². The number of ether oxygens (including phenoxy) is 1. The van der Waals surface area contributed by atoms with E-state index in [4.69, 9.17) is 4.74 Å². The molecule has 0 saturated carbocycles. The second-order valence-electron chi connectivity index (χ2n) is 3.98. The molecule has 1 heterocycles. The summed E-state index contributed by atoms with van der Waals surface area (Å²) in [5.74, 6) is 0.760. The van der Waals surface area contributed by atoms with Gasteiger partial charge in [0.2, 0.25) is 0 Å². The Morgan fingerprint density at radius 2 is 2.06 bits per heavy atom. The Morgan fingerprint density at radius 3 is 2.88 bits per heavy atom. The lowest BCUT2D eigenvalue weighted by Crippen LogP contribution is -2.18. The third-order valence-corrected chi connectivity index (χ3v) is 3.04. The van der Waals surface area contributed by atoms with Crippen LogP contribution in [0.25, 0.3) is 0 Å². The van der Waals surface area contributed by atoms with Crippen LogP contribution >= 0.6 is 0 Å². The van der Waals surface area contributed by atoms with Crippen molar-refractivity contribution in [3.8, 4) is 0 Å². The van der Waals surface area contributed by atoms with Crippen LogP contribution in [0.3, 0.4) is 0 Å². The van der Waals surface area contributed by atoms with Crippen LogP contribution < -0.4 is 0 Å². The normalized spacial score (nSPS) is 30.3. The highest BCUT2D eigenvalue weighted by atomic mass is 16.5. The predicted octanol–water partition coefficient (Wildman–Crippen LogP) is 1.59. The van der Waals surface area contributed by atoms with Crippen molar-refractivity contribution in [1.29, 1.82) is 0 Å². The molecule has 3 nitrogen and oxygen atoms in total. The first-order valence-electron chi connectivity index (χ1n) is 5.24. The number of fused-ring (bicyclic) bond motifs is 3. The maximum atomic E-state index is 11.5. The third kappa shape index (κ3) is 1.21. The summed E-state index contributed by atoms with van der Waals surface area (Å²) < 4.78 is 5.20. The van der Waals surface area contributed by atoms with Crippen molar-refractivity contribution in [1.82, 2.24) is 0 Å². The van der Waals surface area contributed by atoms with E-state index in [0.29, 0.717) is 5.76 Å². The first-order chi connectivity index (χ1) is 7.79. The largest absolute Gasteiger partial charge is 0.494 e. The quantitative estimate of drug-likeness (QED) is 0.620. The molecule has 0 unspecified atom stereocenters. The van der Waals surface area contributed by atoms with Gasteiger partial charge in [-0.05, 0) is 11.6 Å². The molecule has 0 aromatic rings. The van der Waals surface area contributed by atoms with Crippen molar-refractivity contribution < 1.29 is 9.53 Å². The number of hydrogen-bond acceptors (Lipinski definition) is 3. The van der Waals surface area contributed by atoms with E-state index < -0.39 is 0 Å².